The summed E-state index contributed by atoms with van der Waals surface area (Å²) < 4.78 is 14.7. The normalized spacial score (nSPS) is 15.6. The Labute approximate surface area is 228 Å². The molecule has 0 bridgehead atoms. The lowest BCUT2D eigenvalue weighted by atomic mass is 10.00. The average Bonchev–Trinajstić information content (AvgIpc) is 2.97. The predicted octanol–water partition coefficient (Wildman–Crippen LogP) is 5.45. The van der Waals surface area contributed by atoms with Gasteiger partial charge in [0.2, 0.25) is 0 Å². The standard InChI is InChI=1S/C33H32FN3O2/c1-23-21-37(16-15-35-23)22-24-7-5-10-26(17-24)27-13-14-31(34)30(18-27)20-36-33(39)29-12-6-11-28(19-29)32(38)25-8-3-2-4-9-25/h2-14,17-19,23,35H,15-16,20-22H2,1H3,(H,36,39)/t23-/m0/s1. The van der Waals surface area contributed by atoms with Crippen LogP contribution in [0.1, 0.15) is 44.3 Å². The lowest BCUT2D eigenvalue weighted by Crippen LogP contribution is -2.48. The van der Waals surface area contributed by atoms with Crippen molar-refractivity contribution in [2.24, 2.45) is 0 Å². The van der Waals surface area contributed by atoms with E-state index < -0.39 is 0 Å². The van der Waals surface area contributed by atoms with Gasteiger partial charge in [0.1, 0.15) is 5.82 Å². The van der Waals surface area contributed by atoms with Crippen molar-refractivity contribution in [2.75, 3.05) is 19.6 Å². The van der Waals surface area contributed by atoms with Crippen molar-refractivity contribution in [1.29, 1.82) is 0 Å². The molecule has 1 atom stereocenters. The molecule has 1 saturated heterocycles. The molecule has 4 aromatic carbocycles. The molecule has 6 heteroatoms. The molecule has 5 nitrogen and oxygen atoms in total. The van der Waals surface area contributed by atoms with Crippen molar-refractivity contribution in [1.82, 2.24) is 15.5 Å². The number of amides is 1. The van der Waals surface area contributed by atoms with Crippen molar-refractivity contribution in [3.05, 3.63) is 131 Å². The molecule has 0 radical (unpaired) electrons. The SMILES string of the molecule is C[C@H]1CN(Cc2cccc(-c3ccc(F)c(CNC(=O)c4cccc(C(=O)c5ccccc5)c4)c3)c2)CCN1. The number of nitrogens with one attached hydrogen (secondary N) is 2. The number of hydrogen-bond acceptors (Lipinski definition) is 4. The highest BCUT2D eigenvalue weighted by Crippen LogP contribution is 2.24. The number of nitrogens with zero attached hydrogens (tertiary/aromatic N) is 1. The average molecular weight is 522 g/mol. The Balaban J connectivity index is 1.27. The second kappa shape index (κ2) is 12.2. The highest BCUT2D eigenvalue weighted by Gasteiger charge is 2.16. The topological polar surface area (TPSA) is 61.4 Å². The van der Waals surface area contributed by atoms with Crippen molar-refractivity contribution in [3.8, 4) is 11.1 Å². The summed E-state index contributed by atoms with van der Waals surface area (Å²) in [4.78, 5) is 28.1. The highest BCUT2D eigenvalue weighted by molar-refractivity contribution is 6.10. The molecule has 1 amide bonds. The first-order valence-corrected chi connectivity index (χ1v) is 13.3. The zero-order chi connectivity index (χ0) is 27.2. The van der Waals surface area contributed by atoms with Gasteiger partial charge in [0, 0.05) is 61.0 Å². The molecular formula is C33H32FN3O2. The maximum atomic E-state index is 14.7. The van der Waals surface area contributed by atoms with Crippen LogP contribution in [0.3, 0.4) is 0 Å². The lowest BCUT2D eigenvalue weighted by Gasteiger charge is -2.31. The third-order valence-corrected chi connectivity index (χ3v) is 7.03. The van der Waals surface area contributed by atoms with Crippen LogP contribution in [-0.2, 0) is 13.1 Å². The quantitative estimate of drug-likeness (QED) is 0.303. The molecule has 0 saturated carbocycles. The maximum Gasteiger partial charge on any atom is 0.251 e. The van der Waals surface area contributed by atoms with E-state index in [-0.39, 0.29) is 24.1 Å². The minimum absolute atomic E-state index is 0.0354. The fourth-order valence-corrected chi connectivity index (χ4v) is 4.99. The van der Waals surface area contributed by atoms with Crippen molar-refractivity contribution >= 4 is 11.7 Å². The Kier molecular flexibility index (Phi) is 8.25. The molecule has 0 unspecified atom stereocenters. The fraction of sp³-hybridized carbons (Fsp3) is 0.212. The van der Waals surface area contributed by atoms with Gasteiger partial charge in [-0.1, -0.05) is 66.7 Å². The molecule has 0 aromatic heterocycles. The molecule has 198 valence electrons. The summed E-state index contributed by atoms with van der Waals surface area (Å²) in [7, 11) is 0. The summed E-state index contributed by atoms with van der Waals surface area (Å²) >= 11 is 0. The largest absolute Gasteiger partial charge is 0.348 e. The van der Waals surface area contributed by atoms with Gasteiger partial charge in [-0.05, 0) is 53.9 Å². The van der Waals surface area contributed by atoms with E-state index >= 15 is 0 Å². The number of halogens is 1. The Morgan fingerprint density at radius 1 is 0.872 bits per heavy atom. The molecule has 1 fully saturated rings. The summed E-state index contributed by atoms with van der Waals surface area (Å²) in [6.45, 7) is 6.11. The van der Waals surface area contributed by atoms with Crippen molar-refractivity contribution in [2.45, 2.75) is 26.1 Å². The van der Waals surface area contributed by atoms with Crippen molar-refractivity contribution in [3.63, 3.8) is 0 Å². The van der Waals surface area contributed by atoms with Crippen LogP contribution in [0.15, 0.2) is 97.1 Å². The number of benzene rings is 4. The van der Waals surface area contributed by atoms with Gasteiger partial charge in [-0.2, -0.15) is 0 Å². The van der Waals surface area contributed by atoms with Gasteiger partial charge in [-0.15, -0.1) is 0 Å². The molecule has 0 aliphatic carbocycles. The molecule has 1 aliphatic rings. The number of hydrogen-bond donors (Lipinski definition) is 2. The van der Waals surface area contributed by atoms with Gasteiger partial charge < -0.3 is 10.6 Å². The van der Waals surface area contributed by atoms with E-state index in [1.807, 2.05) is 18.2 Å². The van der Waals surface area contributed by atoms with Gasteiger partial charge in [0.15, 0.2) is 5.78 Å². The first-order chi connectivity index (χ1) is 19.0. The van der Waals surface area contributed by atoms with Crippen molar-refractivity contribution < 1.29 is 14.0 Å². The Morgan fingerprint density at radius 3 is 2.44 bits per heavy atom. The van der Waals surface area contributed by atoms with E-state index in [0.717, 1.165) is 37.3 Å². The van der Waals surface area contributed by atoms with Crippen LogP contribution in [-0.4, -0.2) is 42.3 Å². The molecule has 1 aliphatic heterocycles. The second-order valence-electron chi connectivity index (χ2n) is 10.1. The van der Waals surface area contributed by atoms with Crippen LogP contribution < -0.4 is 10.6 Å². The van der Waals surface area contributed by atoms with Crippen LogP contribution in [0.5, 0.6) is 0 Å². The van der Waals surface area contributed by atoms with Gasteiger partial charge in [-0.25, -0.2) is 4.39 Å². The van der Waals surface area contributed by atoms with Gasteiger partial charge in [-0.3, -0.25) is 14.5 Å². The summed E-state index contributed by atoms with van der Waals surface area (Å²) in [5, 5.41) is 6.28. The number of carbonyl (C=O) groups is 2. The Hall–Kier alpha value is -4.13. The monoisotopic (exact) mass is 521 g/mol. The Bertz CT molecular complexity index is 1470. The van der Waals surface area contributed by atoms with Gasteiger partial charge >= 0.3 is 0 Å². The third kappa shape index (κ3) is 6.66. The van der Waals surface area contributed by atoms with Crippen LogP contribution in [0.25, 0.3) is 11.1 Å². The zero-order valence-electron chi connectivity index (χ0n) is 22.0. The van der Waals surface area contributed by atoms with Crippen LogP contribution in [0, 0.1) is 5.82 Å². The maximum absolute atomic E-state index is 14.7. The van der Waals surface area contributed by atoms with E-state index in [0.29, 0.717) is 28.3 Å². The molecule has 1 heterocycles. The summed E-state index contributed by atoms with van der Waals surface area (Å²) in [5.74, 6) is -0.898. The first-order valence-electron chi connectivity index (χ1n) is 13.3. The second-order valence-corrected chi connectivity index (χ2v) is 10.1. The van der Waals surface area contributed by atoms with E-state index in [2.05, 4.69) is 34.6 Å². The van der Waals surface area contributed by atoms with E-state index in [4.69, 9.17) is 0 Å². The molecular weight excluding hydrogens is 489 g/mol. The van der Waals surface area contributed by atoms with E-state index in [9.17, 15) is 14.0 Å². The summed E-state index contributed by atoms with van der Waals surface area (Å²) in [5.41, 5.74) is 4.85. The Morgan fingerprint density at radius 2 is 1.62 bits per heavy atom. The molecule has 39 heavy (non-hydrogen) atoms. The smallest absolute Gasteiger partial charge is 0.251 e. The number of piperazine rings is 1. The molecule has 4 aromatic rings. The lowest BCUT2D eigenvalue weighted by molar-refractivity contribution is 0.0950. The zero-order valence-corrected chi connectivity index (χ0v) is 22.0. The third-order valence-electron chi connectivity index (χ3n) is 7.03. The number of rotatable bonds is 8. The predicted molar refractivity (Wildman–Crippen MR) is 152 cm³/mol. The minimum Gasteiger partial charge on any atom is -0.348 e. The molecule has 2 N–H and O–H groups in total. The minimum atomic E-state index is -0.377. The van der Waals surface area contributed by atoms with Crippen LogP contribution in [0.4, 0.5) is 4.39 Å². The van der Waals surface area contributed by atoms with Gasteiger partial charge in [0.25, 0.3) is 5.91 Å². The van der Waals surface area contributed by atoms with E-state index in [1.165, 1.54) is 11.6 Å². The van der Waals surface area contributed by atoms with E-state index in [1.54, 1.807) is 60.7 Å². The van der Waals surface area contributed by atoms with Crippen LogP contribution >= 0.6 is 0 Å². The number of ketones is 1. The van der Waals surface area contributed by atoms with Crippen LogP contribution in [0.2, 0.25) is 0 Å². The molecule has 5 rings (SSSR count). The number of carbonyl (C=O) groups excluding carboxylic acids is 2. The molecule has 0 spiro atoms. The summed E-state index contributed by atoms with van der Waals surface area (Å²) in [6.07, 6.45) is 0. The highest BCUT2D eigenvalue weighted by atomic mass is 19.1. The summed E-state index contributed by atoms with van der Waals surface area (Å²) in [6, 6.07) is 29.3. The first kappa shape index (κ1) is 26.5. The van der Waals surface area contributed by atoms with Gasteiger partial charge in [0.05, 0.1) is 0 Å². The fourth-order valence-electron chi connectivity index (χ4n) is 4.99.